The maximum absolute atomic E-state index is 11.9. The average Bonchev–Trinajstić information content (AvgIpc) is 2.85. The van der Waals surface area contributed by atoms with E-state index in [1.165, 1.54) is 11.0 Å². The average molecular weight is 259 g/mol. The third-order valence-electron chi connectivity index (χ3n) is 2.62. The van der Waals surface area contributed by atoms with Crippen molar-refractivity contribution >= 4 is 11.6 Å². The number of benzene rings is 1. The molecule has 0 saturated heterocycles. The lowest BCUT2D eigenvalue weighted by atomic mass is 10.0. The second-order valence-corrected chi connectivity index (χ2v) is 3.97. The predicted molar refractivity (Wildman–Crippen MR) is 67.3 cm³/mol. The molecule has 1 heterocycles. The molecular formula is C13H13N3O3. The lowest BCUT2D eigenvalue weighted by molar-refractivity contribution is 0.0891. The molecule has 98 valence electrons. The summed E-state index contributed by atoms with van der Waals surface area (Å²) in [6.45, 7) is 0. The fourth-order valence-electron chi connectivity index (χ4n) is 1.59. The van der Waals surface area contributed by atoms with Crippen LogP contribution in [-0.4, -0.2) is 33.7 Å². The standard InChI is InChI=1S/C13H13N3O3/c1-16-14-8-11(15-16)13(18)7-12(17)9-3-5-10(19-2)6-4-9/h3-6,8H,7H2,1-2H3. The summed E-state index contributed by atoms with van der Waals surface area (Å²) in [4.78, 5) is 25.0. The summed E-state index contributed by atoms with van der Waals surface area (Å²) in [5.41, 5.74) is 0.669. The number of ether oxygens (including phenoxy) is 1. The molecule has 6 heteroatoms. The Hall–Kier alpha value is -2.50. The summed E-state index contributed by atoms with van der Waals surface area (Å²) < 4.78 is 5.00. The van der Waals surface area contributed by atoms with Gasteiger partial charge in [0.25, 0.3) is 0 Å². The number of nitrogens with zero attached hydrogens (tertiary/aromatic N) is 3. The molecule has 0 aliphatic rings. The van der Waals surface area contributed by atoms with E-state index in [-0.39, 0.29) is 23.7 Å². The van der Waals surface area contributed by atoms with E-state index in [1.807, 2.05) is 0 Å². The molecule has 0 radical (unpaired) electrons. The molecule has 0 amide bonds. The van der Waals surface area contributed by atoms with E-state index in [0.717, 1.165) is 0 Å². The van der Waals surface area contributed by atoms with Crippen LogP contribution in [-0.2, 0) is 7.05 Å². The Morgan fingerprint density at radius 2 is 1.89 bits per heavy atom. The van der Waals surface area contributed by atoms with Crippen molar-refractivity contribution in [2.24, 2.45) is 7.05 Å². The topological polar surface area (TPSA) is 74.1 Å². The number of hydrogen-bond acceptors (Lipinski definition) is 5. The number of rotatable bonds is 5. The molecule has 2 aromatic rings. The van der Waals surface area contributed by atoms with Crippen molar-refractivity contribution < 1.29 is 14.3 Å². The van der Waals surface area contributed by atoms with Gasteiger partial charge in [0.2, 0.25) is 0 Å². The van der Waals surface area contributed by atoms with Gasteiger partial charge in [0.1, 0.15) is 11.4 Å². The second kappa shape index (κ2) is 5.43. The van der Waals surface area contributed by atoms with Crippen LogP contribution < -0.4 is 4.74 Å². The highest BCUT2D eigenvalue weighted by atomic mass is 16.5. The molecule has 0 saturated carbocycles. The van der Waals surface area contributed by atoms with Crippen LogP contribution in [0.4, 0.5) is 0 Å². The van der Waals surface area contributed by atoms with Crippen LogP contribution in [0.3, 0.4) is 0 Å². The van der Waals surface area contributed by atoms with Gasteiger partial charge in [-0.25, -0.2) is 0 Å². The molecule has 0 fully saturated rings. The molecule has 1 aromatic heterocycles. The smallest absolute Gasteiger partial charge is 0.192 e. The summed E-state index contributed by atoms with van der Waals surface area (Å²) in [7, 11) is 3.16. The third kappa shape index (κ3) is 3.04. The van der Waals surface area contributed by atoms with Gasteiger partial charge in [0, 0.05) is 12.6 Å². The van der Waals surface area contributed by atoms with Gasteiger partial charge < -0.3 is 4.74 Å². The number of ketones is 2. The normalized spacial score (nSPS) is 10.2. The molecule has 2 rings (SSSR count). The maximum atomic E-state index is 11.9. The highest BCUT2D eigenvalue weighted by Gasteiger charge is 2.16. The van der Waals surface area contributed by atoms with Crippen molar-refractivity contribution in [1.82, 2.24) is 15.0 Å². The van der Waals surface area contributed by atoms with Crippen LogP contribution >= 0.6 is 0 Å². The first kappa shape index (κ1) is 12.9. The first-order chi connectivity index (χ1) is 9.10. The fraction of sp³-hybridized carbons (Fsp3) is 0.231. The van der Waals surface area contributed by atoms with Gasteiger partial charge in [-0.15, -0.1) is 0 Å². The molecule has 0 unspecified atom stereocenters. The Morgan fingerprint density at radius 3 is 2.42 bits per heavy atom. The summed E-state index contributed by atoms with van der Waals surface area (Å²) in [5, 5.41) is 7.67. The molecule has 0 spiro atoms. The molecule has 1 aromatic carbocycles. The van der Waals surface area contributed by atoms with Crippen molar-refractivity contribution in [1.29, 1.82) is 0 Å². The highest BCUT2D eigenvalue weighted by Crippen LogP contribution is 2.13. The molecule has 0 atom stereocenters. The van der Waals surface area contributed by atoms with Crippen LogP contribution in [0.1, 0.15) is 27.3 Å². The number of methoxy groups -OCH3 is 1. The molecule has 0 aliphatic heterocycles. The monoisotopic (exact) mass is 259 g/mol. The van der Waals surface area contributed by atoms with Gasteiger partial charge in [-0.3, -0.25) is 9.59 Å². The molecule has 0 N–H and O–H groups in total. The minimum absolute atomic E-state index is 0.198. The highest BCUT2D eigenvalue weighted by molar-refractivity contribution is 6.12. The Balaban J connectivity index is 2.06. The Kier molecular flexibility index (Phi) is 3.70. The van der Waals surface area contributed by atoms with Gasteiger partial charge in [-0.2, -0.15) is 15.0 Å². The van der Waals surface area contributed by atoms with Crippen LogP contribution in [0.25, 0.3) is 0 Å². The van der Waals surface area contributed by atoms with Gasteiger partial charge in [-0.05, 0) is 24.3 Å². The van der Waals surface area contributed by atoms with E-state index in [0.29, 0.717) is 11.3 Å². The first-order valence-corrected chi connectivity index (χ1v) is 5.67. The largest absolute Gasteiger partial charge is 0.497 e. The molecule has 0 bridgehead atoms. The minimum atomic E-state index is -0.339. The Labute approximate surface area is 110 Å². The van der Waals surface area contributed by atoms with Crippen molar-refractivity contribution in [3.8, 4) is 5.75 Å². The zero-order chi connectivity index (χ0) is 13.8. The molecule has 6 nitrogen and oxygen atoms in total. The van der Waals surface area contributed by atoms with Gasteiger partial charge in [-0.1, -0.05) is 0 Å². The van der Waals surface area contributed by atoms with E-state index in [4.69, 9.17) is 4.74 Å². The zero-order valence-corrected chi connectivity index (χ0v) is 10.7. The zero-order valence-electron chi connectivity index (χ0n) is 10.7. The van der Waals surface area contributed by atoms with Crippen LogP contribution in [0, 0.1) is 0 Å². The number of aryl methyl sites for hydroxylation is 1. The lowest BCUT2D eigenvalue weighted by Gasteiger charge is -2.01. The predicted octanol–water partition coefficient (Wildman–Crippen LogP) is 1.28. The third-order valence-corrected chi connectivity index (χ3v) is 2.62. The quantitative estimate of drug-likeness (QED) is 0.597. The van der Waals surface area contributed by atoms with E-state index >= 15 is 0 Å². The first-order valence-electron chi connectivity index (χ1n) is 5.67. The molecule has 19 heavy (non-hydrogen) atoms. The summed E-state index contributed by atoms with van der Waals surface area (Å²) in [6, 6.07) is 6.62. The number of carbonyl (C=O) groups excluding carboxylic acids is 2. The van der Waals surface area contributed by atoms with Crippen LogP contribution in [0.2, 0.25) is 0 Å². The summed E-state index contributed by atoms with van der Waals surface area (Å²) >= 11 is 0. The molecular weight excluding hydrogens is 246 g/mol. The lowest BCUT2D eigenvalue weighted by Crippen LogP contribution is -2.09. The van der Waals surface area contributed by atoms with Crippen molar-refractivity contribution in [2.45, 2.75) is 6.42 Å². The van der Waals surface area contributed by atoms with Gasteiger partial charge in [0.05, 0.1) is 19.7 Å². The fourth-order valence-corrected chi connectivity index (χ4v) is 1.59. The van der Waals surface area contributed by atoms with Crippen molar-refractivity contribution in [2.75, 3.05) is 7.11 Å². The van der Waals surface area contributed by atoms with E-state index in [9.17, 15) is 9.59 Å². The SMILES string of the molecule is COc1ccc(C(=O)CC(=O)c2cnn(C)n2)cc1. The van der Waals surface area contributed by atoms with Crippen LogP contribution in [0.15, 0.2) is 30.5 Å². The Bertz CT molecular complexity index is 602. The Morgan fingerprint density at radius 1 is 1.21 bits per heavy atom. The van der Waals surface area contributed by atoms with Gasteiger partial charge >= 0.3 is 0 Å². The number of carbonyl (C=O) groups is 2. The van der Waals surface area contributed by atoms with Gasteiger partial charge in [0.15, 0.2) is 11.6 Å². The van der Waals surface area contributed by atoms with E-state index in [2.05, 4.69) is 10.2 Å². The van der Waals surface area contributed by atoms with Crippen molar-refractivity contribution in [3.05, 3.63) is 41.7 Å². The van der Waals surface area contributed by atoms with E-state index < -0.39 is 0 Å². The number of Topliss-reactive ketones (excluding diaryl/α,β-unsaturated/α-hetero) is 2. The summed E-state index contributed by atoms with van der Waals surface area (Å²) in [5.74, 6) is 0.0732. The maximum Gasteiger partial charge on any atom is 0.192 e. The van der Waals surface area contributed by atoms with Crippen LogP contribution in [0.5, 0.6) is 5.75 Å². The van der Waals surface area contributed by atoms with E-state index in [1.54, 1.807) is 38.4 Å². The molecule has 0 aliphatic carbocycles. The number of hydrogen-bond donors (Lipinski definition) is 0. The second-order valence-electron chi connectivity index (χ2n) is 3.97. The number of aromatic nitrogens is 3. The minimum Gasteiger partial charge on any atom is -0.497 e. The summed E-state index contributed by atoms with van der Waals surface area (Å²) in [6.07, 6.45) is 1.13. The van der Waals surface area contributed by atoms with Crippen molar-refractivity contribution in [3.63, 3.8) is 0 Å².